The molecule has 1 atom stereocenters. The molecule has 1 amide bonds. The molecule has 1 heterocycles. The van der Waals surface area contributed by atoms with Crippen LogP contribution in [-0.4, -0.2) is 12.0 Å². The van der Waals surface area contributed by atoms with Gasteiger partial charge < -0.3 is 15.4 Å². The maximum Gasteiger partial charge on any atom is 0.261 e. The minimum atomic E-state index is -0.532. The van der Waals surface area contributed by atoms with Gasteiger partial charge in [-0.05, 0) is 59.7 Å². The van der Waals surface area contributed by atoms with Crippen molar-refractivity contribution in [3.8, 4) is 5.75 Å². The summed E-state index contributed by atoms with van der Waals surface area (Å²) >= 11 is 0. The first-order chi connectivity index (χ1) is 12.4. The number of amides is 1. The predicted octanol–water partition coefficient (Wildman–Crippen LogP) is 3.81. The van der Waals surface area contributed by atoms with E-state index in [1.54, 1.807) is 6.92 Å². The fraction of sp³-hybridized carbons (Fsp3) is 0.409. The third-order valence-corrected chi connectivity index (χ3v) is 4.91. The smallest absolute Gasteiger partial charge is 0.261 e. The number of carbonyl (C=O) groups excluding carboxylic acids is 1. The number of fused-ring (bicyclic) bond motifs is 1. The van der Waals surface area contributed by atoms with Crippen molar-refractivity contribution in [2.24, 2.45) is 0 Å². The SMILES string of the molecule is Cc1cc(OC(C)C(=O)NCc2ccc3c(c2)CNC3)ccc1C(C)C. The van der Waals surface area contributed by atoms with Crippen LogP contribution in [0.1, 0.15) is 54.5 Å². The van der Waals surface area contributed by atoms with Crippen molar-refractivity contribution in [1.29, 1.82) is 0 Å². The Bertz CT molecular complexity index is 799. The molecule has 0 aliphatic carbocycles. The predicted molar refractivity (Wildman–Crippen MR) is 104 cm³/mol. The first kappa shape index (κ1) is 18.5. The van der Waals surface area contributed by atoms with Gasteiger partial charge in [-0.1, -0.05) is 38.1 Å². The maximum atomic E-state index is 12.4. The van der Waals surface area contributed by atoms with Crippen LogP contribution in [0.4, 0.5) is 0 Å². The van der Waals surface area contributed by atoms with Crippen molar-refractivity contribution < 1.29 is 9.53 Å². The molecule has 3 rings (SSSR count). The summed E-state index contributed by atoms with van der Waals surface area (Å²) in [6, 6.07) is 12.4. The molecular weight excluding hydrogens is 324 g/mol. The number of carbonyl (C=O) groups is 1. The Morgan fingerprint density at radius 1 is 1.12 bits per heavy atom. The number of aryl methyl sites for hydroxylation is 1. The van der Waals surface area contributed by atoms with Gasteiger partial charge in [0.1, 0.15) is 5.75 Å². The molecular formula is C22H28N2O2. The molecule has 26 heavy (non-hydrogen) atoms. The molecule has 0 saturated carbocycles. The fourth-order valence-corrected chi connectivity index (χ4v) is 3.42. The molecule has 0 radical (unpaired) electrons. The molecule has 1 aliphatic rings. The summed E-state index contributed by atoms with van der Waals surface area (Å²) in [7, 11) is 0. The Hall–Kier alpha value is -2.33. The molecule has 0 bridgehead atoms. The van der Waals surface area contributed by atoms with E-state index in [-0.39, 0.29) is 5.91 Å². The number of benzene rings is 2. The summed E-state index contributed by atoms with van der Waals surface area (Å²) < 4.78 is 5.83. The molecule has 138 valence electrons. The van der Waals surface area contributed by atoms with Crippen LogP contribution < -0.4 is 15.4 Å². The molecule has 0 fully saturated rings. The van der Waals surface area contributed by atoms with E-state index in [1.807, 2.05) is 12.1 Å². The number of rotatable bonds is 6. The highest BCUT2D eigenvalue weighted by atomic mass is 16.5. The summed E-state index contributed by atoms with van der Waals surface area (Å²) in [5.74, 6) is 1.11. The quantitative estimate of drug-likeness (QED) is 0.831. The maximum absolute atomic E-state index is 12.4. The van der Waals surface area contributed by atoms with E-state index in [1.165, 1.54) is 22.3 Å². The van der Waals surface area contributed by atoms with E-state index in [0.717, 1.165) is 24.4 Å². The lowest BCUT2D eigenvalue weighted by Gasteiger charge is -2.17. The fourth-order valence-electron chi connectivity index (χ4n) is 3.42. The van der Waals surface area contributed by atoms with Gasteiger partial charge in [-0.15, -0.1) is 0 Å². The summed E-state index contributed by atoms with van der Waals surface area (Å²) in [6.45, 7) is 10.6. The lowest BCUT2D eigenvalue weighted by atomic mass is 9.98. The molecule has 2 aromatic rings. The van der Waals surface area contributed by atoms with Crippen LogP contribution in [0.25, 0.3) is 0 Å². The van der Waals surface area contributed by atoms with Gasteiger partial charge in [-0.2, -0.15) is 0 Å². The minimum Gasteiger partial charge on any atom is -0.481 e. The van der Waals surface area contributed by atoms with Gasteiger partial charge in [0, 0.05) is 19.6 Å². The van der Waals surface area contributed by atoms with Crippen molar-refractivity contribution in [3.63, 3.8) is 0 Å². The zero-order chi connectivity index (χ0) is 18.7. The number of hydrogen-bond donors (Lipinski definition) is 2. The van der Waals surface area contributed by atoms with Gasteiger partial charge in [0.2, 0.25) is 0 Å². The lowest BCUT2D eigenvalue weighted by molar-refractivity contribution is -0.127. The number of ether oxygens (including phenoxy) is 1. The Morgan fingerprint density at radius 3 is 2.62 bits per heavy atom. The van der Waals surface area contributed by atoms with Crippen LogP contribution in [0, 0.1) is 6.92 Å². The summed E-state index contributed by atoms with van der Waals surface area (Å²) in [6.07, 6.45) is -0.532. The Labute approximate surface area is 156 Å². The van der Waals surface area contributed by atoms with Crippen LogP contribution in [0.5, 0.6) is 5.75 Å². The first-order valence-corrected chi connectivity index (χ1v) is 9.30. The molecule has 0 spiro atoms. The van der Waals surface area contributed by atoms with Gasteiger partial charge in [0.05, 0.1) is 0 Å². The Kier molecular flexibility index (Phi) is 5.62. The zero-order valence-corrected chi connectivity index (χ0v) is 16.1. The van der Waals surface area contributed by atoms with Gasteiger partial charge >= 0.3 is 0 Å². The summed E-state index contributed by atoms with van der Waals surface area (Å²) in [5.41, 5.74) is 6.28. The number of nitrogens with one attached hydrogen (secondary N) is 2. The van der Waals surface area contributed by atoms with Crippen LogP contribution in [-0.2, 0) is 24.4 Å². The summed E-state index contributed by atoms with van der Waals surface area (Å²) in [5, 5.41) is 6.30. The molecule has 0 saturated heterocycles. The highest BCUT2D eigenvalue weighted by Crippen LogP contribution is 2.24. The first-order valence-electron chi connectivity index (χ1n) is 9.30. The Balaban J connectivity index is 1.55. The van der Waals surface area contributed by atoms with E-state index in [0.29, 0.717) is 12.5 Å². The third kappa shape index (κ3) is 4.25. The van der Waals surface area contributed by atoms with E-state index >= 15 is 0 Å². The topological polar surface area (TPSA) is 50.4 Å². The Morgan fingerprint density at radius 2 is 1.88 bits per heavy atom. The molecule has 2 aromatic carbocycles. The second-order valence-electron chi connectivity index (χ2n) is 7.36. The van der Waals surface area contributed by atoms with Crippen molar-refractivity contribution in [2.75, 3.05) is 0 Å². The van der Waals surface area contributed by atoms with Crippen molar-refractivity contribution in [3.05, 3.63) is 64.2 Å². The van der Waals surface area contributed by atoms with E-state index in [4.69, 9.17) is 4.74 Å². The van der Waals surface area contributed by atoms with E-state index < -0.39 is 6.10 Å². The highest BCUT2D eigenvalue weighted by Gasteiger charge is 2.16. The average molecular weight is 352 g/mol. The largest absolute Gasteiger partial charge is 0.481 e. The third-order valence-electron chi connectivity index (χ3n) is 4.91. The normalized spacial score (nSPS) is 14.2. The van der Waals surface area contributed by atoms with Gasteiger partial charge in [-0.3, -0.25) is 4.79 Å². The van der Waals surface area contributed by atoms with Crippen LogP contribution >= 0.6 is 0 Å². The van der Waals surface area contributed by atoms with Crippen molar-refractivity contribution in [2.45, 2.75) is 59.4 Å². The van der Waals surface area contributed by atoms with Crippen molar-refractivity contribution in [1.82, 2.24) is 10.6 Å². The minimum absolute atomic E-state index is 0.103. The molecule has 4 heteroatoms. The second kappa shape index (κ2) is 7.92. The zero-order valence-electron chi connectivity index (χ0n) is 16.1. The van der Waals surface area contributed by atoms with Gasteiger partial charge in [-0.25, -0.2) is 0 Å². The second-order valence-corrected chi connectivity index (χ2v) is 7.36. The van der Waals surface area contributed by atoms with E-state index in [9.17, 15) is 4.79 Å². The molecule has 1 aliphatic heterocycles. The monoisotopic (exact) mass is 352 g/mol. The average Bonchev–Trinajstić information content (AvgIpc) is 3.07. The van der Waals surface area contributed by atoms with E-state index in [2.05, 4.69) is 55.7 Å². The standard InChI is InChI=1S/C22H28N2O2/c1-14(2)21-8-7-20(9-15(21)3)26-16(4)22(25)24-11-17-5-6-18-12-23-13-19(18)10-17/h5-10,14,16,23H,11-13H2,1-4H3,(H,24,25). The van der Waals surface area contributed by atoms with Gasteiger partial charge in [0.25, 0.3) is 5.91 Å². The van der Waals surface area contributed by atoms with Gasteiger partial charge in [0.15, 0.2) is 6.10 Å². The van der Waals surface area contributed by atoms with Crippen molar-refractivity contribution >= 4 is 5.91 Å². The molecule has 1 unspecified atom stereocenters. The molecule has 4 nitrogen and oxygen atoms in total. The van der Waals surface area contributed by atoms with Crippen LogP contribution in [0.2, 0.25) is 0 Å². The molecule has 2 N–H and O–H groups in total. The molecule has 0 aromatic heterocycles. The number of hydrogen-bond acceptors (Lipinski definition) is 3. The van der Waals surface area contributed by atoms with Crippen LogP contribution in [0.15, 0.2) is 36.4 Å². The van der Waals surface area contributed by atoms with Crippen LogP contribution in [0.3, 0.4) is 0 Å². The summed E-state index contributed by atoms with van der Waals surface area (Å²) in [4.78, 5) is 12.4. The lowest BCUT2D eigenvalue weighted by Crippen LogP contribution is -2.35. The highest BCUT2D eigenvalue weighted by molar-refractivity contribution is 5.80.